The molecule has 120 valence electrons. The molecule has 0 saturated carbocycles. The summed E-state index contributed by atoms with van der Waals surface area (Å²) in [5.74, 6) is -0.249. The summed E-state index contributed by atoms with van der Waals surface area (Å²) in [7, 11) is 0. The molecule has 4 nitrogen and oxygen atoms in total. The highest BCUT2D eigenvalue weighted by Crippen LogP contribution is 2.19. The number of benzene rings is 1. The summed E-state index contributed by atoms with van der Waals surface area (Å²) in [5, 5.41) is 0. The highest BCUT2D eigenvalue weighted by molar-refractivity contribution is 5.80. The van der Waals surface area contributed by atoms with Crippen LogP contribution in [0.4, 0.5) is 0 Å². The van der Waals surface area contributed by atoms with E-state index in [1.165, 1.54) is 11.1 Å². The van der Waals surface area contributed by atoms with Crippen LogP contribution in [0.1, 0.15) is 36.5 Å². The minimum absolute atomic E-state index is 0.0947. The van der Waals surface area contributed by atoms with Crippen molar-refractivity contribution < 1.29 is 14.3 Å². The second-order valence-corrected chi connectivity index (χ2v) is 6.03. The number of likely N-dealkylation sites (tertiary alicyclic amines) is 1. The third-order valence-corrected chi connectivity index (χ3v) is 4.32. The number of nitrogens with zero attached hydrogens (tertiary/aromatic N) is 1. The van der Waals surface area contributed by atoms with Gasteiger partial charge >= 0.3 is 5.97 Å². The Morgan fingerprint density at radius 3 is 2.73 bits per heavy atom. The molecule has 1 aliphatic rings. The maximum atomic E-state index is 12.5. The lowest BCUT2D eigenvalue weighted by molar-refractivity contribution is -0.151. The topological polar surface area (TPSA) is 46.6 Å². The molecule has 1 aliphatic heterocycles. The molecule has 0 radical (unpaired) electrons. The van der Waals surface area contributed by atoms with Gasteiger partial charge in [0.15, 0.2) is 0 Å². The Morgan fingerprint density at radius 1 is 1.27 bits per heavy atom. The molecule has 1 fully saturated rings. The molecule has 1 amide bonds. The predicted octanol–water partition coefficient (Wildman–Crippen LogP) is 2.65. The smallest absolute Gasteiger partial charge is 0.310 e. The molecule has 0 aliphatic carbocycles. The quantitative estimate of drug-likeness (QED) is 0.803. The molecule has 1 atom stereocenters. The van der Waals surface area contributed by atoms with Crippen molar-refractivity contribution in [3.05, 3.63) is 34.9 Å². The summed E-state index contributed by atoms with van der Waals surface area (Å²) in [6.07, 6.45) is 2.07. The van der Waals surface area contributed by atoms with E-state index in [1.807, 2.05) is 13.0 Å². The van der Waals surface area contributed by atoms with Gasteiger partial charge in [-0.15, -0.1) is 0 Å². The molecule has 0 N–H and O–H groups in total. The molecule has 1 aromatic carbocycles. The van der Waals surface area contributed by atoms with Gasteiger partial charge in [-0.05, 0) is 50.3 Å². The lowest BCUT2D eigenvalue weighted by Crippen LogP contribution is -2.43. The number of carbonyl (C=O) groups excluding carboxylic acids is 2. The Bertz CT molecular complexity index is 553. The fourth-order valence-electron chi connectivity index (χ4n) is 2.86. The molecule has 0 aromatic heterocycles. The SMILES string of the molecule is CCOC(=O)C1CCCN(C(=O)Cc2ccc(C)c(C)c2)C1. The first-order chi connectivity index (χ1) is 10.5. The first-order valence-electron chi connectivity index (χ1n) is 8.01. The van der Waals surface area contributed by atoms with Gasteiger partial charge in [0.2, 0.25) is 5.91 Å². The molecule has 22 heavy (non-hydrogen) atoms. The maximum Gasteiger partial charge on any atom is 0.310 e. The van der Waals surface area contributed by atoms with Crippen molar-refractivity contribution in [1.29, 1.82) is 0 Å². The van der Waals surface area contributed by atoms with Gasteiger partial charge in [-0.1, -0.05) is 18.2 Å². The van der Waals surface area contributed by atoms with E-state index in [2.05, 4.69) is 26.0 Å². The molecule has 1 unspecified atom stereocenters. The number of ether oxygens (including phenoxy) is 1. The first-order valence-corrected chi connectivity index (χ1v) is 8.01. The lowest BCUT2D eigenvalue weighted by atomic mass is 9.97. The highest BCUT2D eigenvalue weighted by Gasteiger charge is 2.29. The third-order valence-electron chi connectivity index (χ3n) is 4.32. The van der Waals surface area contributed by atoms with Crippen LogP contribution in [0.5, 0.6) is 0 Å². The van der Waals surface area contributed by atoms with Crippen LogP contribution in [-0.2, 0) is 20.7 Å². The number of aryl methyl sites for hydroxylation is 2. The van der Waals surface area contributed by atoms with Crippen LogP contribution in [0.3, 0.4) is 0 Å². The van der Waals surface area contributed by atoms with E-state index < -0.39 is 0 Å². The molecule has 1 heterocycles. The fourth-order valence-corrected chi connectivity index (χ4v) is 2.86. The first kappa shape index (κ1) is 16.5. The molecule has 2 rings (SSSR count). The largest absolute Gasteiger partial charge is 0.466 e. The molecular weight excluding hydrogens is 278 g/mol. The van der Waals surface area contributed by atoms with E-state index >= 15 is 0 Å². The van der Waals surface area contributed by atoms with Crippen molar-refractivity contribution in [1.82, 2.24) is 4.90 Å². The summed E-state index contributed by atoms with van der Waals surface area (Å²) >= 11 is 0. The number of carbonyl (C=O) groups is 2. The van der Waals surface area contributed by atoms with Crippen LogP contribution in [0.15, 0.2) is 18.2 Å². The Balaban J connectivity index is 1.96. The predicted molar refractivity (Wildman–Crippen MR) is 85.6 cm³/mol. The number of hydrogen-bond acceptors (Lipinski definition) is 3. The summed E-state index contributed by atoms with van der Waals surface area (Å²) < 4.78 is 5.08. The number of amides is 1. The zero-order valence-corrected chi connectivity index (χ0v) is 13.7. The number of hydrogen-bond donors (Lipinski definition) is 0. The van der Waals surface area contributed by atoms with Crippen molar-refractivity contribution in [3.63, 3.8) is 0 Å². The van der Waals surface area contributed by atoms with Crippen molar-refractivity contribution in [3.8, 4) is 0 Å². The van der Waals surface area contributed by atoms with Crippen LogP contribution < -0.4 is 0 Å². The number of rotatable bonds is 4. The summed E-state index contributed by atoms with van der Waals surface area (Å²) in [4.78, 5) is 26.1. The number of esters is 1. The zero-order valence-electron chi connectivity index (χ0n) is 13.7. The second-order valence-electron chi connectivity index (χ2n) is 6.03. The minimum Gasteiger partial charge on any atom is -0.466 e. The van der Waals surface area contributed by atoms with Gasteiger partial charge in [-0.2, -0.15) is 0 Å². The highest BCUT2D eigenvalue weighted by atomic mass is 16.5. The van der Waals surface area contributed by atoms with Crippen molar-refractivity contribution in [2.24, 2.45) is 5.92 Å². The standard InChI is InChI=1S/C18H25NO3/c1-4-22-18(21)16-6-5-9-19(12-16)17(20)11-15-8-7-13(2)14(3)10-15/h7-8,10,16H,4-6,9,11-12H2,1-3H3. The van der Waals surface area contributed by atoms with E-state index in [-0.39, 0.29) is 17.8 Å². The second kappa shape index (κ2) is 7.43. The van der Waals surface area contributed by atoms with Gasteiger partial charge < -0.3 is 9.64 Å². The maximum absolute atomic E-state index is 12.5. The molecule has 1 aromatic rings. The van der Waals surface area contributed by atoms with Gasteiger partial charge in [-0.25, -0.2) is 0 Å². The molecule has 0 bridgehead atoms. The van der Waals surface area contributed by atoms with Gasteiger partial charge in [0.1, 0.15) is 0 Å². The van der Waals surface area contributed by atoms with Gasteiger partial charge in [0, 0.05) is 13.1 Å². The van der Waals surface area contributed by atoms with Crippen LogP contribution in [0.2, 0.25) is 0 Å². The van der Waals surface area contributed by atoms with Crippen LogP contribution >= 0.6 is 0 Å². The summed E-state index contributed by atoms with van der Waals surface area (Å²) in [5.41, 5.74) is 3.47. The Labute approximate surface area is 132 Å². The van der Waals surface area contributed by atoms with E-state index in [1.54, 1.807) is 4.90 Å². The normalized spacial score (nSPS) is 18.1. The van der Waals surface area contributed by atoms with Crippen molar-refractivity contribution in [2.75, 3.05) is 19.7 Å². The van der Waals surface area contributed by atoms with E-state index in [9.17, 15) is 9.59 Å². The van der Waals surface area contributed by atoms with E-state index in [4.69, 9.17) is 4.74 Å². The average Bonchev–Trinajstić information content (AvgIpc) is 2.51. The Kier molecular flexibility index (Phi) is 5.58. The van der Waals surface area contributed by atoms with Gasteiger partial charge in [0.05, 0.1) is 18.9 Å². The van der Waals surface area contributed by atoms with Gasteiger partial charge in [0.25, 0.3) is 0 Å². The van der Waals surface area contributed by atoms with E-state index in [0.717, 1.165) is 24.9 Å². The van der Waals surface area contributed by atoms with Crippen molar-refractivity contribution >= 4 is 11.9 Å². The molecule has 4 heteroatoms. The fraction of sp³-hybridized carbons (Fsp3) is 0.556. The average molecular weight is 303 g/mol. The zero-order chi connectivity index (χ0) is 16.1. The van der Waals surface area contributed by atoms with Crippen molar-refractivity contribution in [2.45, 2.75) is 40.0 Å². The number of piperidine rings is 1. The Hall–Kier alpha value is -1.84. The minimum atomic E-state index is -0.175. The van der Waals surface area contributed by atoms with Crippen LogP contribution in [0.25, 0.3) is 0 Å². The van der Waals surface area contributed by atoms with Gasteiger partial charge in [-0.3, -0.25) is 9.59 Å². The molecule has 0 spiro atoms. The van der Waals surface area contributed by atoms with Crippen LogP contribution in [-0.4, -0.2) is 36.5 Å². The van der Waals surface area contributed by atoms with E-state index in [0.29, 0.717) is 19.6 Å². The molecule has 1 saturated heterocycles. The molecular formula is C18H25NO3. The lowest BCUT2D eigenvalue weighted by Gasteiger charge is -2.31. The monoisotopic (exact) mass is 303 g/mol. The summed E-state index contributed by atoms with van der Waals surface area (Å²) in [6.45, 7) is 7.55. The summed E-state index contributed by atoms with van der Waals surface area (Å²) in [6, 6.07) is 6.13. The van der Waals surface area contributed by atoms with Crippen LogP contribution in [0, 0.1) is 19.8 Å². The third kappa shape index (κ3) is 4.09. The Morgan fingerprint density at radius 2 is 2.05 bits per heavy atom.